The van der Waals surface area contributed by atoms with Crippen molar-refractivity contribution in [2.24, 2.45) is 17.2 Å². The number of hydrogen-bond acceptors (Lipinski definition) is 15. The van der Waals surface area contributed by atoms with E-state index in [2.05, 4.69) is 21.3 Å². The zero-order chi connectivity index (χ0) is 31.2. The van der Waals surface area contributed by atoms with Crippen molar-refractivity contribution in [2.75, 3.05) is 112 Å². The van der Waals surface area contributed by atoms with Gasteiger partial charge in [-0.3, -0.25) is 0 Å². The minimum Gasteiger partial charge on any atom is -0.395 e. The Morgan fingerprint density at radius 3 is 1.31 bits per heavy atom. The van der Waals surface area contributed by atoms with Crippen LogP contribution in [0.4, 0.5) is 0 Å². The predicted molar refractivity (Wildman–Crippen MR) is 157 cm³/mol. The molecule has 2 atom stereocenters. The quantitative estimate of drug-likeness (QED) is 0.0855. The Balaban J connectivity index is -0.000000120. The molecule has 1 rings (SSSR count). The van der Waals surface area contributed by atoms with Crippen molar-refractivity contribution in [2.45, 2.75) is 45.4 Å². The van der Waals surface area contributed by atoms with E-state index in [0.717, 1.165) is 26.2 Å². The van der Waals surface area contributed by atoms with Crippen LogP contribution >= 0.6 is 0 Å². The number of aliphatic hydroxyl groups excluding tert-OH is 7. The van der Waals surface area contributed by atoms with E-state index >= 15 is 0 Å². The Morgan fingerprint density at radius 1 is 0.718 bits per heavy atom. The van der Waals surface area contributed by atoms with E-state index in [1.165, 1.54) is 0 Å². The highest BCUT2D eigenvalue weighted by Crippen LogP contribution is 1.90. The molecule has 0 aromatic carbocycles. The van der Waals surface area contributed by atoms with Gasteiger partial charge in [-0.25, -0.2) is 0 Å². The largest absolute Gasteiger partial charge is 0.395 e. The summed E-state index contributed by atoms with van der Waals surface area (Å²) in [7, 11) is 0. The average Bonchev–Trinajstić information content (AvgIpc) is 2.91. The van der Waals surface area contributed by atoms with Crippen molar-refractivity contribution in [3.63, 3.8) is 0 Å². The summed E-state index contributed by atoms with van der Waals surface area (Å²) >= 11 is 0. The third-order valence-corrected chi connectivity index (χ3v) is 3.45. The van der Waals surface area contributed by atoms with E-state index in [9.17, 15) is 0 Å². The summed E-state index contributed by atoms with van der Waals surface area (Å²) in [5.41, 5.74) is 14.7. The molecule has 39 heavy (non-hydrogen) atoms. The molecule has 0 aromatic rings. The zero-order valence-electron chi connectivity index (χ0n) is 24.9. The molecule has 1 aliphatic heterocycles. The van der Waals surface area contributed by atoms with Crippen LogP contribution in [-0.2, 0) is 4.74 Å². The first-order valence-corrected chi connectivity index (χ1v) is 13.4. The van der Waals surface area contributed by atoms with Crippen LogP contribution < -0.4 is 38.5 Å². The van der Waals surface area contributed by atoms with Gasteiger partial charge in [-0.2, -0.15) is 0 Å². The van der Waals surface area contributed by atoms with E-state index in [0.29, 0.717) is 52.5 Å². The van der Waals surface area contributed by atoms with E-state index in [-0.39, 0.29) is 45.2 Å². The van der Waals surface area contributed by atoms with Gasteiger partial charge in [0.05, 0.1) is 58.5 Å². The molecule has 1 saturated heterocycles. The SMILES string of the molecule is C1CNCCN1.CC(C)(N)CO.CC(O)CNCC(C)O.NCCO.NCCOCCO.OCCNCCO. The fraction of sp³-hybridized carbons (Fsp3) is 1.00. The number of nitrogens with two attached hydrogens (primary N) is 3. The number of rotatable bonds is 14. The normalized spacial score (nSPS) is 13.7. The van der Waals surface area contributed by atoms with Crippen LogP contribution in [0.15, 0.2) is 0 Å². The highest BCUT2D eigenvalue weighted by molar-refractivity contribution is 4.67. The molecule has 0 spiro atoms. The van der Waals surface area contributed by atoms with Crippen LogP contribution in [0.5, 0.6) is 0 Å². The average molecular weight is 580 g/mol. The Hall–Kier alpha value is -0.600. The lowest BCUT2D eigenvalue weighted by atomic mass is 10.1. The van der Waals surface area contributed by atoms with Crippen molar-refractivity contribution in [1.29, 1.82) is 0 Å². The monoisotopic (exact) mass is 579 g/mol. The first-order valence-electron chi connectivity index (χ1n) is 13.4. The minimum atomic E-state index is -0.403. The lowest BCUT2D eigenvalue weighted by molar-refractivity contribution is 0.0976. The first-order chi connectivity index (χ1) is 18.4. The molecule has 15 heteroatoms. The molecule has 1 fully saturated rings. The summed E-state index contributed by atoms with van der Waals surface area (Å²) in [5, 5.41) is 70.0. The maximum atomic E-state index is 8.72. The summed E-state index contributed by atoms with van der Waals surface area (Å²) in [6.07, 6.45) is -0.660. The number of aliphatic hydroxyl groups is 7. The van der Waals surface area contributed by atoms with Crippen molar-refractivity contribution in [1.82, 2.24) is 21.3 Å². The van der Waals surface area contributed by atoms with E-state index in [1.807, 2.05) is 0 Å². The standard InChI is InChI=1S/C6H15NO2.C4H10N2.2C4H11NO2.C4H11NO.C2H7NO/c1-5(8)3-7-4-6(2)9;1-2-6-4-3-5-1;5-1-3-7-4-2-6;6-3-1-5-2-4-7;1-4(2,5)3-6;3-1-2-4/h5-9H,3-4H2,1-2H3;5-6H,1-4H2;6H,1-5H2;5-7H,1-4H2;6H,3,5H2,1-2H3;4H,1-3H2. The molecule has 0 aromatic heterocycles. The van der Waals surface area contributed by atoms with Gasteiger partial charge in [-0.05, 0) is 27.7 Å². The maximum absolute atomic E-state index is 8.72. The van der Waals surface area contributed by atoms with E-state index < -0.39 is 5.54 Å². The second-order valence-corrected chi connectivity index (χ2v) is 8.84. The summed E-state index contributed by atoms with van der Waals surface area (Å²) < 4.78 is 4.76. The fourth-order valence-corrected chi connectivity index (χ4v) is 1.64. The third-order valence-electron chi connectivity index (χ3n) is 3.45. The van der Waals surface area contributed by atoms with Gasteiger partial charge in [0.15, 0.2) is 0 Å². The van der Waals surface area contributed by atoms with Gasteiger partial charge >= 0.3 is 0 Å². The summed E-state index contributed by atoms with van der Waals surface area (Å²) in [4.78, 5) is 0. The molecule has 0 aliphatic carbocycles. The van der Waals surface area contributed by atoms with Crippen molar-refractivity contribution in [3.8, 4) is 0 Å². The first kappa shape index (κ1) is 48.1. The third kappa shape index (κ3) is 85.6. The molecule has 244 valence electrons. The number of piperazine rings is 1. The van der Waals surface area contributed by atoms with E-state index in [4.69, 9.17) is 57.7 Å². The van der Waals surface area contributed by atoms with Crippen molar-refractivity contribution < 1.29 is 40.5 Å². The summed E-state index contributed by atoms with van der Waals surface area (Å²) in [6, 6.07) is 0. The van der Waals surface area contributed by atoms with Gasteiger partial charge in [-0.15, -0.1) is 0 Å². The summed E-state index contributed by atoms with van der Waals surface area (Å²) in [5.74, 6) is 0. The molecule has 17 N–H and O–H groups in total. The van der Waals surface area contributed by atoms with Crippen LogP contribution in [0.25, 0.3) is 0 Å². The maximum Gasteiger partial charge on any atom is 0.0698 e. The zero-order valence-corrected chi connectivity index (χ0v) is 24.9. The number of hydrogen-bond donors (Lipinski definition) is 14. The fourth-order valence-electron chi connectivity index (χ4n) is 1.64. The number of ether oxygens (including phenoxy) is 1. The van der Waals surface area contributed by atoms with Crippen molar-refractivity contribution in [3.05, 3.63) is 0 Å². The van der Waals surface area contributed by atoms with Gasteiger partial charge in [0, 0.05) is 71.0 Å². The smallest absolute Gasteiger partial charge is 0.0698 e. The molecule has 15 nitrogen and oxygen atoms in total. The molecule has 1 heterocycles. The van der Waals surface area contributed by atoms with E-state index in [1.54, 1.807) is 27.7 Å². The molecule has 0 amide bonds. The Bertz CT molecular complexity index is 341. The molecule has 0 radical (unpaired) electrons. The van der Waals surface area contributed by atoms with Gasteiger partial charge in [0.25, 0.3) is 0 Å². The number of nitrogens with one attached hydrogen (secondary N) is 4. The van der Waals surface area contributed by atoms with Crippen LogP contribution in [0.2, 0.25) is 0 Å². The molecule has 0 bridgehead atoms. The highest BCUT2D eigenvalue weighted by Gasteiger charge is 2.05. The molecule has 1 aliphatic rings. The van der Waals surface area contributed by atoms with Gasteiger partial charge in [-0.1, -0.05) is 0 Å². The van der Waals surface area contributed by atoms with Crippen LogP contribution in [0.3, 0.4) is 0 Å². The van der Waals surface area contributed by atoms with Crippen LogP contribution in [0, 0.1) is 0 Å². The molecular weight excluding hydrogens is 514 g/mol. The molecule has 2 unspecified atom stereocenters. The minimum absolute atomic E-state index is 0.0486. The van der Waals surface area contributed by atoms with Gasteiger partial charge in [0.1, 0.15) is 0 Å². The molecular formula is C24H65N7O8. The highest BCUT2D eigenvalue weighted by atomic mass is 16.5. The lowest BCUT2D eigenvalue weighted by Crippen LogP contribution is -2.39. The second-order valence-electron chi connectivity index (χ2n) is 8.84. The van der Waals surface area contributed by atoms with Crippen LogP contribution in [0.1, 0.15) is 27.7 Å². The van der Waals surface area contributed by atoms with Crippen LogP contribution in [-0.4, -0.2) is 165 Å². The van der Waals surface area contributed by atoms with Gasteiger partial charge in [0.2, 0.25) is 0 Å². The Kier molecular flexibility index (Phi) is 54.8. The lowest BCUT2D eigenvalue weighted by Gasteiger charge is -2.12. The predicted octanol–water partition coefficient (Wildman–Crippen LogP) is -5.32. The Morgan fingerprint density at radius 2 is 1.10 bits per heavy atom. The van der Waals surface area contributed by atoms with Crippen molar-refractivity contribution >= 4 is 0 Å². The second kappa shape index (κ2) is 44.4. The Labute approximate surface area is 236 Å². The topological polar surface area (TPSA) is 277 Å². The molecule has 0 saturated carbocycles. The van der Waals surface area contributed by atoms with Gasteiger partial charge < -0.3 is 79.0 Å². The summed E-state index contributed by atoms with van der Waals surface area (Å²) in [6.45, 7) is 16.1.